The van der Waals surface area contributed by atoms with Crippen LogP contribution in [0.4, 0.5) is 11.4 Å². The molecule has 0 unspecified atom stereocenters. The topological polar surface area (TPSA) is 99.9 Å². The molecule has 0 saturated heterocycles. The number of nitrogens with two attached hydrogens (primary N) is 1. The molecule has 7 heteroatoms. The number of carbonyl (C=O) groups excluding carboxylic acids is 2. The van der Waals surface area contributed by atoms with Crippen LogP contribution >= 0.6 is 0 Å². The number of ether oxygens (including phenoxy) is 3. The van der Waals surface area contributed by atoms with Gasteiger partial charge >= 0.3 is 5.97 Å². The van der Waals surface area contributed by atoms with E-state index in [1.807, 2.05) is 12.1 Å². The quantitative estimate of drug-likeness (QED) is 0.349. The number of amides is 1. The van der Waals surface area contributed by atoms with Crippen molar-refractivity contribution in [3.05, 3.63) is 48.5 Å². The lowest BCUT2D eigenvalue weighted by molar-refractivity contribution is -0.142. The maximum absolute atomic E-state index is 12.0. The van der Waals surface area contributed by atoms with Gasteiger partial charge in [-0.3, -0.25) is 4.79 Å². The number of hydrogen-bond acceptors (Lipinski definition) is 6. The van der Waals surface area contributed by atoms with E-state index in [2.05, 4.69) is 10.1 Å². The monoisotopic (exact) mass is 386 g/mol. The third-order valence-corrected chi connectivity index (χ3v) is 3.92. The van der Waals surface area contributed by atoms with E-state index in [9.17, 15) is 9.59 Å². The van der Waals surface area contributed by atoms with E-state index in [1.54, 1.807) is 36.4 Å². The zero-order valence-corrected chi connectivity index (χ0v) is 16.0. The Morgan fingerprint density at radius 1 is 0.893 bits per heavy atom. The molecule has 0 aliphatic heterocycles. The fourth-order valence-corrected chi connectivity index (χ4v) is 2.38. The highest BCUT2D eigenvalue weighted by atomic mass is 16.6. The Morgan fingerprint density at radius 3 is 2.21 bits per heavy atom. The fourth-order valence-electron chi connectivity index (χ4n) is 2.38. The molecule has 0 saturated carbocycles. The summed E-state index contributed by atoms with van der Waals surface area (Å²) < 4.78 is 15.4. The first-order valence-electron chi connectivity index (χ1n) is 9.14. The van der Waals surface area contributed by atoms with Crippen molar-refractivity contribution >= 4 is 23.3 Å². The summed E-state index contributed by atoms with van der Waals surface area (Å²) in [6.07, 6.45) is 3.02. The van der Waals surface area contributed by atoms with Crippen molar-refractivity contribution < 1.29 is 23.8 Å². The highest BCUT2D eigenvalue weighted by molar-refractivity contribution is 5.90. The average molecular weight is 386 g/mol. The summed E-state index contributed by atoms with van der Waals surface area (Å²) in [4.78, 5) is 23.0. The van der Waals surface area contributed by atoms with E-state index >= 15 is 0 Å². The molecule has 0 bridgehead atoms. The van der Waals surface area contributed by atoms with E-state index in [-0.39, 0.29) is 12.5 Å². The summed E-state index contributed by atoms with van der Waals surface area (Å²) in [5.41, 5.74) is 7.02. The summed E-state index contributed by atoms with van der Waals surface area (Å²) in [7, 11) is 1.30. The maximum atomic E-state index is 12.0. The van der Waals surface area contributed by atoms with Crippen LogP contribution in [0.3, 0.4) is 0 Å². The molecule has 2 aromatic carbocycles. The summed E-state index contributed by atoms with van der Waals surface area (Å²) in [6, 6.07) is 14.1. The molecule has 0 atom stereocenters. The van der Waals surface area contributed by atoms with Gasteiger partial charge in [0.15, 0.2) is 6.61 Å². The number of rotatable bonds is 11. The van der Waals surface area contributed by atoms with Crippen LogP contribution in [-0.2, 0) is 14.3 Å². The normalized spacial score (nSPS) is 10.2. The van der Waals surface area contributed by atoms with E-state index in [0.29, 0.717) is 30.2 Å². The zero-order chi connectivity index (χ0) is 20.2. The van der Waals surface area contributed by atoms with Crippen LogP contribution in [0.15, 0.2) is 48.5 Å². The SMILES string of the molecule is COC(=O)COc1ccc(NC(=O)CCCCCOc2ccc(N)cc2)cc1. The van der Waals surface area contributed by atoms with Crippen molar-refractivity contribution in [1.82, 2.24) is 0 Å². The molecule has 0 aromatic heterocycles. The van der Waals surface area contributed by atoms with Crippen molar-refractivity contribution in [3.8, 4) is 11.5 Å². The third-order valence-electron chi connectivity index (χ3n) is 3.92. The summed E-state index contributed by atoms with van der Waals surface area (Å²) in [5, 5.41) is 2.84. The number of nitrogen functional groups attached to an aromatic ring is 1. The predicted molar refractivity (Wildman–Crippen MR) is 107 cm³/mol. The molecule has 7 nitrogen and oxygen atoms in total. The molecule has 0 aliphatic rings. The van der Waals surface area contributed by atoms with Crippen molar-refractivity contribution in [3.63, 3.8) is 0 Å². The van der Waals surface area contributed by atoms with Gasteiger partial charge in [-0.15, -0.1) is 0 Å². The Morgan fingerprint density at radius 2 is 1.54 bits per heavy atom. The van der Waals surface area contributed by atoms with Gasteiger partial charge in [0.25, 0.3) is 0 Å². The molecule has 0 heterocycles. The number of carbonyl (C=O) groups is 2. The van der Waals surface area contributed by atoms with Crippen LogP contribution in [0.2, 0.25) is 0 Å². The molecule has 28 heavy (non-hydrogen) atoms. The van der Waals surface area contributed by atoms with Gasteiger partial charge in [-0.2, -0.15) is 0 Å². The minimum Gasteiger partial charge on any atom is -0.494 e. The van der Waals surface area contributed by atoms with Crippen LogP contribution in [-0.4, -0.2) is 32.2 Å². The Hall–Kier alpha value is -3.22. The van der Waals surface area contributed by atoms with Gasteiger partial charge < -0.3 is 25.3 Å². The van der Waals surface area contributed by atoms with Crippen LogP contribution < -0.4 is 20.5 Å². The summed E-state index contributed by atoms with van der Waals surface area (Å²) in [6.45, 7) is 0.461. The number of esters is 1. The fraction of sp³-hybridized carbons (Fsp3) is 0.333. The lowest BCUT2D eigenvalue weighted by Gasteiger charge is -2.08. The molecule has 0 spiro atoms. The molecule has 1 amide bonds. The minimum atomic E-state index is -0.448. The Bertz CT molecular complexity index is 744. The summed E-state index contributed by atoms with van der Waals surface area (Å²) >= 11 is 0. The van der Waals surface area contributed by atoms with E-state index in [1.165, 1.54) is 7.11 Å². The molecule has 0 fully saturated rings. The lowest BCUT2D eigenvalue weighted by atomic mass is 10.2. The van der Waals surface area contributed by atoms with E-state index < -0.39 is 5.97 Å². The molecule has 150 valence electrons. The highest BCUT2D eigenvalue weighted by Crippen LogP contribution is 2.17. The number of unbranched alkanes of at least 4 members (excludes halogenated alkanes) is 2. The second-order valence-corrected chi connectivity index (χ2v) is 6.17. The molecule has 2 aromatic rings. The van der Waals surface area contributed by atoms with E-state index in [4.69, 9.17) is 15.2 Å². The maximum Gasteiger partial charge on any atom is 0.343 e. The molecular formula is C21H26N2O5. The Kier molecular flexibility index (Phi) is 8.65. The number of methoxy groups -OCH3 is 1. The second kappa shape index (κ2) is 11.5. The van der Waals surface area contributed by atoms with Crippen molar-refractivity contribution in [2.24, 2.45) is 0 Å². The largest absolute Gasteiger partial charge is 0.494 e. The van der Waals surface area contributed by atoms with Crippen LogP contribution in [0.1, 0.15) is 25.7 Å². The van der Waals surface area contributed by atoms with E-state index in [0.717, 1.165) is 25.0 Å². The van der Waals surface area contributed by atoms with Gasteiger partial charge in [0, 0.05) is 17.8 Å². The average Bonchev–Trinajstić information content (AvgIpc) is 2.71. The zero-order valence-electron chi connectivity index (χ0n) is 16.0. The number of nitrogens with one attached hydrogen (secondary N) is 1. The number of anilines is 2. The van der Waals surface area contributed by atoms with Crippen molar-refractivity contribution in [2.75, 3.05) is 31.4 Å². The van der Waals surface area contributed by atoms with Crippen molar-refractivity contribution in [1.29, 1.82) is 0 Å². The highest BCUT2D eigenvalue weighted by Gasteiger charge is 2.05. The number of benzene rings is 2. The van der Waals surface area contributed by atoms with Gasteiger partial charge in [0.2, 0.25) is 5.91 Å². The predicted octanol–water partition coefficient (Wildman–Crippen LogP) is 3.40. The molecule has 3 N–H and O–H groups in total. The van der Waals surface area contributed by atoms with Crippen LogP contribution in [0.25, 0.3) is 0 Å². The molecule has 2 rings (SSSR count). The van der Waals surface area contributed by atoms with Gasteiger partial charge in [0.05, 0.1) is 13.7 Å². The first kappa shape index (κ1) is 21.1. The van der Waals surface area contributed by atoms with Gasteiger partial charge in [-0.1, -0.05) is 0 Å². The Balaban J connectivity index is 1.57. The lowest BCUT2D eigenvalue weighted by Crippen LogP contribution is -2.13. The Labute approximate surface area is 164 Å². The van der Waals surface area contributed by atoms with Crippen molar-refractivity contribution in [2.45, 2.75) is 25.7 Å². The molecular weight excluding hydrogens is 360 g/mol. The van der Waals surface area contributed by atoms with Gasteiger partial charge in [-0.05, 0) is 67.8 Å². The second-order valence-electron chi connectivity index (χ2n) is 6.17. The first-order chi connectivity index (χ1) is 13.6. The molecule has 0 aliphatic carbocycles. The first-order valence-corrected chi connectivity index (χ1v) is 9.14. The summed E-state index contributed by atoms with van der Waals surface area (Å²) in [5.74, 6) is 0.842. The van der Waals surface area contributed by atoms with Gasteiger partial charge in [0.1, 0.15) is 11.5 Å². The smallest absolute Gasteiger partial charge is 0.343 e. The molecule has 0 radical (unpaired) electrons. The minimum absolute atomic E-state index is 0.0392. The number of hydrogen-bond donors (Lipinski definition) is 2. The standard InChI is InChI=1S/C21H26N2O5/c1-26-21(25)15-28-19-12-8-17(9-13-19)23-20(24)5-3-2-4-14-27-18-10-6-16(22)7-11-18/h6-13H,2-5,14-15,22H2,1H3,(H,23,24). The van der Waals surface area contributed by atoms with Gasteiger partial charge in [-0.25, -0.2) is 4.79 Å². The van der Waals surface area contributed by atoms with Crippen LogP contribution in [0, 0.1) is 0 Å². The third kappa shape index (κ3) is 7.99. The van der Waals surface area contributed by atoms with Crippen LogP contribution in [0.5, 0.6) is 11.5 Å².